The quantitative estimate of drug-likeness (QED) is 0.229. The SMILES string of the molecule is O.O.OO.OOO.[HH]. The zero-order valence-corrected chi connectivity index (χ0v) is 3.20. The van der Waals surface area contributed by atoms with Crippen molar-refractivity contribution in [2.24, 2.45) is 0 Å². The van der Waals surface area contributed by atoms with Gasteiger partial charge >= 0.3 is 0 Å². The van der Waals surface area contributed by atoms with E-state index in [9.17, 15) is 0 Å². The predicted octanol–water partition coefficient (Wildman–Crippen LogP) is -1.44. The fraction of sp³-hybridized carbons (Fsp3) is 0. The average Bonchev–Trinajstić information content (AvgIpc) is 1.46. The molecule has 0 aromatic heterocycles. The van der Waals surface area contributed by atoms with Gasteiger partial charge in [0.05, 0.1) is 0 Å². The van der Waals surface area contributed by atoms with Crippen molar-refractivity contribution in [3.8, 4) is 0 Å². The fourth-order valence-corrected chi connectivity index (χ4v) is 0. The number of hydrogen-bond donors (Lipinski definition) is 4. The van der Waals surface area contributed by atoms with E-state index in [2.05, 4.69) is 5.04 Å². The molecule has 7 heavy (non-hydrogen) atoms. The van der Waals surface area contributed by atoms with E-state index in [4.69, 9.17) is 21.0 Å². The second kappa shape index (κ2) is 246. The van der Waals surface area contributed by atoms with E-state index in [0.29, 0.717) is 0 Å². The van der Waals surface area contributed by atoms with E-state index < -0.39 is 0 Å². The summed E-state index contributed by atoms with van der Waals surface area (Å²) in [6, 6.07) is 0. The summed E-state index contributed by atoms with van der Waals surface area (Å²) in [4.78, 5) is 0. The summed E-state index contributed by atoms with van der Waals surface area (Å²) in [5, 5.41) is 27.5. The van der Waals surface area contributed by atoms with Crippen molar-refractivity contribution in [1.82, 2.24) is 0 Å². The van der Waals surface area contributed by atoms with Crippen molar-refractivity contribution in [3.05, 3.63) is 0 Å². The molecule has 0 saturated carbocycles. The van der Waals surface area contributed by atoms with E-state index in [-0.39, 0.29) is 12.4 Å². The van der Waals surface area contributed by atoms with Gasteiger partial charge in [0.15, 0.2) is 0 Å². The second-order valence-corrected chi connectivity index (χ2v) is 0.0816. The molecule has 0 radical (unpaired) electrons. The van der Waals surface area contributed by atoms with Crippen LogP contribution in [0.2, 0.25) is 0 Å². The molecule has 0 spiro atoms. The van der Waals surface area contributed by atoms with Gasteiger partial charge in [-0.15, -0.1) is 0 Å². The first-order valence-electron chi connectivity index (χ1n) is 0.565. The molecule has 52 valence electrons. The van der Waals surface area contributed by atoms with Crippen LogP contribution in [0.1, 0.15) is 1.43 Å². The van der Waals surface area contributed by atoms with E-state index in [1.807, 2.05) is 0 Å². The summed E-state index contributed by atoms with van der Waals surface area (Å²) in [5.41, 5.74) is 0. The summed E-state index contributed by atoms with van der Waals surface area (Å²) < 4.78 is 0. The zero-order chi connectivity index (χ0) is 4.71. The van der Waals surface area contributed by atoms with Gasteiger partial charge in [-0.1, -0.05) is 5.04 Å². The van der Waals surface area contributed by atoms with Gasteiger partial charge in [-0.25, -0.2) is 10.5 Å². The molecule has 0 aliphatic rings. The Labute approximate surface area is 39.9 Å². The monoisotopic (exact) mass is 122 g/mol. The van der Waals surface area contributed by atoms with E-state index >= 15 is 0 Å². The Hall–Kier alpha value is -0.280. The summed E-state index contributed by atoms with van der Waals surface area (Å²) in [6.07, 6.45) is 0. The summed E-state index contributed by atoms with van der Waals surface area (Å²) in [7, 11) is 0. The van der Waals surface area contributed by atoms with E-state index in [1.54, 1.807) is 0 Å². The molecule has 7 nitrogen and oxygen atoms in total. The van der Waals surface area contributed by atoms with E-state index in [0.717, 1.165) is 0 Å². The fourth-order valence-electron chi connectivity index (χ4n) is 0. The van der Waals surface area contributed by atoms with Gasteiger partial charge in [0.2, 0.25) is 0 Å². The molecule has 0 amide bonds. The van der Waals surface area contributed by atoms with Crippen molar-refractivity contribution in [2.75, 3.05) is 0 Å². The largest absolute Gasteiger partial charge is 0.412 e. The van der Waals surface area contributed by atoms with Gasteiger partial charge in [-0.2, -0.15) is 0 Å². The van der Waals surface area contributed by atoms with E-state index in [1.165, 1.54) is 0 Å². The molecule has 0 saturated heterocycles. The smallest absolute Gasteiger partial charge is 0 e. The van der Waals surface area contributed by atoms with Crippen molar-refractivity contribution in [1.29, 1.82) is 0 Å². The molecular formula is H10O7. The van der Waals surface area contributed by atoms with Gasteiger partial charge in [-0.05, 0) is 0 Å². The Morgan fingerprint density at radius 3 is 1.00 bits per heavy atom. The third-order valence-corrected chi connectivity index (χ3v) is 0. The zero-order valence-electron chi connectivity index (χ0n) is 3.20. The molecular weight excluding hydrogens is 112 g/mol. The van der Waals surface area contributed by atoms with Crippen LogP contribution in [0.5, 0.6) is 0 Å². The van der Waals surface area contributed by atoms with Gasteiger partial charge in [0.25, 0.3) is 0 Å². The topological polar surface area (TPSA) is 153 Å². The van der Waals surface area contributed by atoms with Crippen LogP contribution in [0.25, 0.3) is 0 Å². The van der Waals surface area contributed by atoms with Gasteiger partial charge in [0.1, 0.15) is 0 Å². The highest BCUT2D eigenvalue weighted by atomic mass is 17.4. The van der Waals surface area contributed by atoms with Crippen LogP contribution in [-0.2, 0) is 5.04 Å². The lowest BCUT2D eigenvalue weighted by Crippen LogP contribution is -1.60. The predicted molar refractivity (Wildman–Crippen MR) is 20.9 cm³/mol. The second-order valence-electron chi connectivity index (χ2n) is 0.0816. The van der Waals surface area contributed by atoms with Crippen molar-refractivity contribution in [3.63, 3.8) is 0 Å². The number of hydrogen-bond acceptors (Lipinski definition) is 5. The Balaban J connectivity index is -0.00000000567. The van der Waals surface area contributed by atoms with Crippen molar-refractivity contribution < 1.29 is 38.4 Å². The summed E-state index contributed by atoms with van der Waals surface area (Å²) in [6.45, 7) is 0. The van der Waals surface area contributed by atoms with Gasteiger partial charge in [0, 0.05) is 1.43 Å². The number of rotatable bonds is 0. The van der Waals surface area contributed by atoms with Crippen LogP contribution < -0.4 is 0 Å². The molecule has 0 bridgehead atoms. The third kappa shape index (κ3) is 1010. The van der Waals surface area contributed by atoms with Crippen molar-refractivity contribution >= 4 is 0 Å². The highest BCUT2D eigenvalue weighted by Crippen LogP contribution is 1.24. The first-order valence-corrected chi connectivity index (χ1v) is 0.565. The molecule has 0 atom stereocenters. The Bertz CT molecular complexity index is 4.35. The highest BCUT2D eigenvalue weighted by Gasteiger charge is 1.27. The molecule has 0 aromatic carbocycles. The molecule has 0 aromatic rings. The first-order chi connectivity index (χ1) is 2.41. The van der Waals surface area contributed by atoms with Gasteiger partial charge < -0.3 is 11.0 Å². The average molecular weight is 122 g/mol. The molecule has 0 unspecified atom stereocenters. The maximum absolute atomic E-state index is 6.62. The van der Waals surface area contributed by atoms with Crippen LogP contribution in [0.3, 0.4) is 0 Å². The lowest BCUT2D eigenvalue weighted by atomic mass is 14.6. The van der Waals surface area contributed by atoms with Crippen LogP contribution in [0, 0.1) is 0 Å². The van der Waals surface area contributed by atoms with Crippen LogP contribution in [0.4, 0.5) is 0 Å². The third-order valence-electron chi connectivity index (χ3n) is 0. The Morgan fingerprint density at radius 1 is 1.00 bits per heavy atom. The molecule has 0 aliphatic heterocycles. The van der Waals surface area contributed by atoms with Crippen LogP contribution in [-0.4, -0.2) is 32.0 Å². The first kappa shape index (κ1) is 29.7. The molecule has 0 fully saturated rings. The summed E-state index contributed by atoms with van der Waals surface area (Å²) in [5.74, 6) is 0. The normalized spacial score (nSPS) is 3.43. The Kier molecular flexibility index (Phi) is 1040. The molecule has 0 rings (SSSR count). The maximum Gasteiger partial charge on any atom is 0 e. The molecule has 7 heteroatoms. The minimum Gasteiger partial charge on any atom is -0.412 e. The molecule has 8 N–H and O–H groups in total. The maximum atomic E-state index is 6.62. The minimum atomic E-state index is 0. The lowest BCUT2D eigenvalue weighted by molar-refractivity contribution is -0.465. The Morgan fingerprint density at radius 2 is 1.00 bits per heavy atom. The standard InChI is InChI=1S/H2O3.H2O2.2H2O.H2/c1-3-2;1-2;;;/h1-2H;1-2H;2*1H2;1H. The minimum absolute atomic E-state index is 0. The van der Waals surface area contributed by atoms with Crippen LogP contribution >= 0.6 is 0 Å². The molecule has 0 heterocycles. The molecule has 0 aliphatic carbocycles. The lowest BCUT2D eigenvalue weighted by Gasteiger charge is -1.56. The van der Waals surface area contributed by atoms with Crippen molar-refractivity contribution in [2.45, 2.75) is 0 Å². The van der Waals surface area contributed by atoms with Crippen LogP contribution in [0.15, 0.2) is 0 Å². The summed E-state index contributed by atoms with van der Waals surface area (Å²) >= 11 is 0. The highest BCUT2D eigenvalue weighted by molar-refractivity contribution is 2.38. The van der Waals surface area contributed by atoms with Gasteiger partial charge in [-0.3, -0.25) is 10.5 Å².